The molecule has 0 aliphatic heterocycles. The first kappa shape index (κ1) is 14.4. The summed E-state index contributed by atoms with van der Waals surface area (Å²) in [5.41, 5.74) is -0.494. The molecule has 66 valence electrons. The van der Waals surface area contributed by atoms with E-state index in [4.69, 9.17) is 4.74 Å². The maximum Gasteiger partial charge on any atom is 0.313 e. The molecular weight excluding hydrogens is 168 g/mol. The largest absolute Gasteiger partial charge is 0.460 e. The number of rotatable bonds is 2. The Labute approximate surface area is 89.0 Å². The van der Waals surface area contributed by atoms with Crippen LogP contribution in [0, 0.1) is 0 Å². The highest BCUT2D eigenvalue weighted by molar-refractivity contribution is 5.94. The molecule has 0 fully saturated rings. The minimum Gasteiger partial charge on any atom is -0.460 e. The normalized spacial score (nSPS) is 10.0. The summed E-state index contributed by atoms with van der Waals surface area (Å²) in [6.45, 7) is 6.67. The molecule has 0 aliphatic rings. The zero-order chi connectivity index (χ0) is 9.07. The SMILES string of the molecule is CC(=O)CC(=O)OC(C)(C)C.[Mg]. The molecule has 0 saturated heterocycles. The van der Waals surface area contributed by atoms with Crippen molar-refractivity contribution in [1.29, 1.82) is 0 Å². The zero-order valence-corrected chi connectivity index (χ0v) is 9.55. The maximum absolute atomic E-state index is 10.8. The highest BCUT2D eigenvalue weighted by Gasteiger charge is 2.16. The Bertz CT molecular complexity index is 170. The Hall–Kier alpha value is -0.0938. The number of esters is 1. The van der Waals surface area contributed by atoms with Gasteiger partial charge < -0.3 is 4.74 Å². The molecular formula is C8H14MgO3. The Morgan fingerprint density at radius 3 is 1.92 bits per heavy atom. The second-order valence-electron chi connectivity index (χ2n) is 3.47. The lowest BCUT2D eigenvalue weighted by Gasteiger charge is -2.18. The van der Waals surface area contributed by atoms with Crippen molar-refractivity contribution in [3.8, 4) is 0 Å². The fourth-order valence-electron chi connectivity index (χ4n) is 0.581. The van der Waals surface area contributed by atoms with Crippen molar-refractivity contribution in [2.75, 3.05) is 0 Å². The van der Waals surface area contributed by atoms with E-state index in [1.54, 1.807) is 20.8 Å². The van der Waals surface area contributed by atoms with Crippen LogP contribution in [0.2, 0.25) is 0 Å². The van der Waals surface area contributed by atoms with Gasteiger partial charge in [-0.15, -0.1) is 0 Å². The number of carbonyl (C=O) groups excluding carboxylic acids is 2. The second kappa shape index (κ2) is 5.53. The molecule has 0 bridgehead atoms. The van der Waals surface area contributed by atoms with Crippen LogP contribution < -0.4 is 0 Å². The zero-order valence-electron chi connectivity index (χ0n) is 8.14. The van der Waals surface area contributed by atoms with Crippen LogP contribution in [0.4, 0.5) is 0 Å². The second-order valence-corrected chi connectivity index (χ2v) is 3.47. The molecule has 3 nitrogen and oxygen atoms in total. The van der Waals surface area contributed by atoms with Crippen molar-refractivity contribution in [1.82, 2.24) is 0 Å². The van der Waals surface area contributed by atoms with E-state index in [0.29, 0.717) is 0 Å². The summed E-state index contributed by atoms with van der Waals surface area (Å²) >= 11 is 0. The lowest BCUT2D eigenvalue weighted by atomic mass is 10.2. The van der Waals surface area contributed by atoms with Gasteiger partial charge in [-0.3, -0.25) is 9.59 Å². The van der Waals surface area contributed by atoms with E-state index in [1.165, 1.54) is 6.92 Å². The maximum atomic E-state index is 10.8. The molecule has 0 rings (SSSR count). The molecule has 0 unspecified atom stereocenters. The molecule has 0 heterocycles. The average molecular weight is 183 g/mol. The third kappa shape index (κ3) is 9.91. The summed E-state index contributed by atoms with van der Waals surface area (Å²) in [7, 11) is 0. The van der Waals surface area contributed by atoms with Crippen LogP contribution in [-0.4, -0.2) is 40.4 Å². The lowest BCUT2D eigenvalue weighted by molar-refractivity contribution is -0.155. The van der Waals surface area contributed by atoms with Gasteiger partial charge in [0.05, 0.1) is 0 Å². The predicted molar refractivity (Wildman–Crippen MR) is 46.9 cm³/mol. The molecule has 0 spiro atoms. The Morgan fingerprint density at radius 2 is 1.67 bits per heavy atom. The third-order valence-corrected chi connectivity index (χ3v) is 0.813. The smallest absolute Gasteiger partial charge is 0.313 e. The fourth-order valence-corrected chi connectivity index (χ4v) is 0.581. The quantitative estimate of drug-likeness (QED) is 0.362. The van der Waals surface area contributed by atoms with Crippen molar-refractivity contribution in [2.45, 2.75) is 39.7 Å². The van der Waals surface area contributed by atoms with Gasteiger partial charge in [0.15, 0.2) is 0 Å². The minimum absolute atomic E-state index is 0. The topological polar surface area (TPSA) is 43.4 Å². The molecule has 0 N–H and O–H groups in total. The van der Waals surface area contributed by atoms with Crippen molar-refractivity contribution < 1.29 is 14.3 Å². The Balaban J connectivity index is 0. The molecule has 0 amide bonds. The van der Waals surface area contributed by atoms with Gasteiger partial charge in [0, 0.05) is 23.1 Å². The van der Waals surface area contributed by atoms with Crippen molar-refractivity contribution in [2.24, 2.45) is 0 Å². The van der Waals surface area contributed by atoms with E-state index in [1.807, 2.05) is 0 Å². The predicted octanol–water partition coefficient (Wildman–Crippen LogP) is 0.926. The molecule has 0 saturated carbocycles. The number of hydrogen-bond acceptors (Lipinski definition) is 3. The molecule has 0 aliphatic carbocycles. The number of Topliss-reactive ketones (excluding diaryl/α,β-unsaturated/α-hetero) is 1. The molecule has 0 aromatic rings. The standard InChI is InChI=1S/C8H14O3.Mg/c1-6(9)5-7(10)11-8(2,3)4;/h5H2,1-4H3;. The van der Waals surface area contributed by atoms with Crippen LogP contribution in [-0.2, 0) is 14.3 Å². The third-order valence-electron chi connectivity index (χ3n) is 0.813. The van der Waals surface area contributed by atoms with Crippen LogP contribution in [0.15, 0.2) is 0 Å². The van der Waals surface area contributed by atoms with Gasteiger partial charge in [-0.25, -0.2) is 0 Å². The highest BCUT2D eigenvalue weighted by Crippen LogP contribution is 2.07. The van der Waals surface area contributed by atoms with Crippen LogP contribution >= 0.6 is 0 Å². The number of carbonyl (C=O) groups is 2. The van der Waals surface area contributed by atoms with Crippen LogP contribution in [0.5, 0.6) is 0 Å². The summed E-state index contributed by atoms with van der Waals surface area (Å²) in [5.74, 6) is -0.621. The van der Waals surface area contributed by atoms with E-state index in [2.05, 4.69) is 0 Å². The number of ketones is 1. The first-order valence-corrected chi connectivity index (χ1v) is 3.52. The van der Waals surface area contributed by atoms with Crippen molar-refractivity contribution in [3.63, 3.8) is 0 Å². The van der Waals surface area contributed by atoms with Gasteiger partial charge in [-0.05, 0) is 27.7 Å². The molecule has 12 heavy (non-hydrogen) atoms. The minimum atomic E-state index is -0.494. The summed E-state index contributed by atoms with van der Waals surface area (Å²) in [5, 5.41) is 0. The van der Waals surface area contributed by atoms with Gasteiger partial charge in [0.25, 0.3) is 0 Å². The van der Waals surface area contributed by atoms with Gasteiger partial charge >= 0.3 is 5.97 Å². The number of ether oxygens (including phenoxy) is 1. The van der Waals surface area contributed by atoms with Crippen LogP contribution in [0.1, 0.15) is 34.1 Å². The van der Waals surface area contributed by atoms with Crippen molar-refractivity contribution >= 4 is 34.8 Å². The van der Waals surface area contributed by atoms with Gasteiger partial charge in [0.1, 0.15) is 17.8 Å². The fraction of sp³-hybridized carbons (Fsp3) is 0.750. The Morgan fingerprint density at radius 1 is 1.25 bits per heavy atom. The van der Waals surface area contributed by atoms with E-state index in [9.17, 15) is 9.59 Å². The monoisotopic (exact) mass is 182 g/mol. The van der Waals surface area contributed by atoms with Crippen LogP contribution in [0.3, 0.4) is 0 Å². The summed E-state index contributed by atoms with van der Waals surface area (Å²) in [6.07, 6.45) is -0.128. The number of hydrogen-bond donors (Lipinski definition) is 0. The molecule has 0 atom stereocenters. The highest BCUT2D eigenvalue weighted by atomic mass is 24.3. The lowest BCUT2D eigenvalue weighted by Crippen LogP contribution is -2.24. The van der Waals surface area contributed by atoms with E-state index in [-0.39, 0.29) is 35.3 Å². The molecule has 4 heteroatoms. The summed E-state index contributed by atoms with van der Waals surface area (Å²) < 4.78 is 4.89. The van der Waals surface area contributed by atoms with Crippen molar-refractivity contribution in [3.05, 3.63) is 0 Å². The van der Waals surface area contributed by atoms with Gasteiger partial charge in [-0.1, -0.05) is 0 Å². The molecule has 0 aromatic heterocycles. The summed E-state index contributed by atoms with van der Waals surface area (Å²) in [6, 6.07) is 0. The van der Waals surface area contributed by atoms with Crippen LogP contribution in [0.25, 0.3) is 0 Å². The molecule has 0 aromatic carbocycles. The van der Waals surface area contributed by atoms with E-state index < -0.39 is 11.6 Å². The first-order chi connectivity index (χ1) is 4.81. The Kier molecular flexibility index (Phi) is 6.66. The van der Waals surface area contributed by atoms with Gasteiger partial charge in [-0.2, -0.15) is 0 Å². The van der Waals surface area contributed by atoms with E-state index >= 15 is 0 Å². The van der Waals surface area contributed by atoms with Gasteiger partial charge in [0.2, 0.25) is 0 Å². The van der Waals surface area contributed by atoms with E-state index in [0.717, 1.165) is 0 Å². The average Bonchev–Trinajstić information content (AvgIpc) is 1.53. The first-order valence-electron chi connectivity index (χ1n) is 3.52. The molecule has 2 radical (unpaired) electrons. The summed E-state index contributed by atoms with van der Waals surface area (Å²) in [4.78, 5) is 21.3.